The largest absolute Gasteiger partial charge is 0.362 e. The SMILES string of the molecule is CN(Cc1nc2ccsc2c(=O)[nH]1)c1ccc(C(=O)c2ccccc2)cc1[N+](=O)[O-]. The number of nitrogens with one attached hydrogen (secondary N) is 1. The summed E-state index contributed by atoms with van der Waals surface area (Å²) in [6.07, 6.45) is 0. The highest BCUT2D eigenvalue weighted by atomic mass is 32.1. The fourth-order valence-electron chi connectivity index (χ4n) is 3.20. The van der Waals surface area contributed by atoms with E-state index < -0.39 is 4.92 Å². The number of nitro groups is 1. The lowest BCUT2D eigenvalue weighted by Crippen LogP contribution is -2.22. The first kappa shape index (κ1) is 19.5. The Balaban J connectivity index is 1.66. The summed E-state index contributed by atoms with van der Waals surface area (Å²) in [5.41, 5.74) is 1.16. The van der Waals surface area contributed by atoms with Crippen molar-refractivity contribution < 1.29 is 9.72 Å². The molecule has 2 aromatic heterocycles. The summed E-state index contributed by atoms with van der Waals surface area (Å²) in [5, 5.41) is 13.5. The number of H-pyrrole nitrogens is 1. The van der Waals surface area contributed by atoms with Crippen molar-refractivity contribution in [1.82, 2.24) is 9.97 Å². The second-order valence-electron chi connectivity index (χ2n) is 6.66. The Hall–Kier alpha value is -3.85. The fraction of sp³-hybridized carbons (Fsp3) is 0.0952. The van der Waals surface area contributed by atoms with E-state index in [-0.39, 0.29) is 29.1 Å². The van der Waals surface area contributed by atoms with E-state index >= 15 is 0 Å². The van der Waals surface area contributed by atoms with Gasteiger partial charge in [-0.25, -0.2) is 4.98 Å². The third-order valence-corrected chi connectivity index (χ3v) is 5.53. The molecule has 2 aromatic carbocycles. The number of aromatic amines is 1. The number of hydrogen-bond donors (Lipinski definition) is 1. The lowest BCUT2D eigenvalue weighted by molar-refractivity contribution is -0.384. The van der Waals surface area contributed by atoms with Crippen molar-refractivity contribution in [2.45, 2.75) is 6.54 Å². The summed E-state index contributed by atoms with van der Waals surface area (Å²) < 4.78 is 0.538. The average molecular weight is 420 g/mol. The molecule has 0 aliphatic rings. The van der Waals surface area contributed by atoms with Crippen LogP contribution in [0.3, 0.4) is 0 Å². The van der Waals surface area contributed by atoms with E-state index in [0.29, 0.717) is 27.3 Å². The van der Waals surface area contributed by atoms with Crippen molar-refractivity contribution in [2.75, 3.05) is 11.9 Å². The summed E-state index contributed by atoms with van der Waals surface area (Å²) in [6.45, 7) is 0.161. The van der Waals surface area contributed by atoms with Crippen LogP contribution in [0.2, 0.25) is 0 Å². The summed E-state index contributed by atoms with van der Waals surface area (Å²) in [7, 11) is 1.67. The molecule has 0 spiro atoms. The molecule has 0 amide bonds. The van der Waals surface area contributed by atoms with Gasteiger partial charge in [-0.15, -0.1) is 11.3 Å². The number of carbonyl (C=O) groups excluding carboxylic acids is 1. The summed E-state index contributed by atoms with van der Waals surface area (Å²) in [6, 6.07) is 14.7. The van der Waals surface area contributed by atoms with Gasteiger partial charge in [0.05, 0.1) is 17.0 Å². The number of rotatable bonds is 6. The number of nitrogens with zero attached hydrogens (tertiary/aromatic N) is 3. The molecule has 2 heterocycles. The van der Waals surface area contributed by atoms with Crippen LogP contribution in [-0.4, -0.2) is 27.7 Å². The van der Waals surface area contributed by atoms with Crippen LogP contribution in [0.5, 0.6) is 0 Å². The maximum absolute atomic E-state index is 12.6. The first-order chi connectivity index (χ1) is 14.4. The number of fused-ring (bicyclic) bond motifs is 1. The maximum Gasteiger partial charge on any atom is 0.293 e. The molecule has 0 bridgehead atoms. The van der Waals surface area contributed by atoms with Gasteiger partial charge < -0.3 is 9.88 Å². The molecule has 30 heavy (non-hydrogen) atoms. The van der Waals surface area contributed by atoms with Crippen molar-refractivity contribution in [1.29, 1.82) is 0 Å². The predicted octanol–water partition coefficient (Wildman–Crippen LogP) is 3.76. The number of aromatic nitrogens is 2. The van der Waals surface area contributed by atoms with Crippen LogP contribution in [0.4, 0.5) is 11.4 Å². The molecule has 4 rings (SSSR count). The Bertz CT molecular complexity index is 1310. The van der Waals surface area contributed by atoms with Crippen LogP contribution < -0.4 is 10.5 Å². The van der Waals surface area contributed by atoms with Crippen molar-refractivity contribution >= 4 is 38.7 Å². The third kappa shape index (κ3) is 3.70. The maximum atomic E-state index is 12.6. The molecule has 9 heteroatoms. The van der Waals surface area contributed by atoms with Gasteiger partial charge in [-0.1, -0.05) is 30.3 Å². The number of benzene rings is 2. The summed E-state index contributed by atoms with van der Waals surface area (Å²) in [4.78, 5) is 44.7. The lowest BCUT2D eigenvalue weighted by Gasteiger charge is -2.19. The van der Waals surface area contributed by atoms with Crippen molar-refractivity contribution in [2.24, 2.45) is 0 Å². The minimum absolute atomic E-state index is 0.161. The molecule has 0 saturated heterocycles. The third-order valence-electron chi connectivity index (χ3n) is 4.63. The van der Waals surface area contributed by atoms with Crippen LogP contribution in [0.25, 0.3) is 10.2 Å². The molecule has 0 unspecified atom stereocenters. The van der Waals surface area contributed by atoms with Crippen molar-refractivity contribution in [3.63, 3.8) is 0 Å². The van der Waals surface area contributed by atoms with E-state index in [2.05, 4.69) is 9.97 Å². The molecular weight excluding hydrogens is 404 g/mol. The highest BCUT2D eigenvalue weighted by molar-refractivity contribution is 7.17. The molecule has 4 aromatic rings. The average Bonchev–Trinajstić information content (AvgIpc) is 3.22. The number of ketones is 1. The number of anilines is 1. The molecule has 0 atom stereocenters. The molecule has 1 N–H and O–H groups in total. The number of thiophene rings is 1. The van der Waals surface area contributed by atoms with Gasteiger partial charge in [0.2, 0.25) is 0 Å². The first-order valence-electron chi connectivity index (χ1n) is 9.00. The van der Waals surface area contributed by atoms with Crippen molar-refractivity contribution in [3.05, 3.63) is 97.4 Å². The van der Waals surface area contributed by atoms with Gasteiger partial charge in [0.1, 0.15) is 16.2 Å². The second-order valence-corrected chi connectivity index (χ2v) is 7.58. The normalized spacial score (nSPS) is 10.8. The van der Waals surface area contributed by atoms with Crippen LogP contribution >= 0.6 is 11.3 Å². The zero-order valence-electron chi connectivity index (χ0n) is 15.9. The number of hydrogen-bond acceptors (Lipinski definition) is 7. The minimum Gasteiger partial charge on any atom is -0.362 e. The van der Waals surface area contributed by atoms with Gasteiger partial charge in [0.15, 0.2) is 5.78 Å². The smallest absolute Gasteiger partial charge is 0.293 e. The molecule has 0 radical (unpaired) electrons. The van der Waals surface area contributed by atoms with Crippen LogP contribution in [0.15, 0.2) is 64.8 Å². The van der Waals surface area contributed by atoms with Crippen LogP contribution in [-0.2, 0) is 6.54 Å². The standard InChI is InChI=1S/C21H16N4O4S/c1-24(12-18-22-15-9-10-30-20(15)21(27)23-18)16-8-7-14(11-17(16)25(28)29)19(26)13-5-3-2-4-6-13/h2-11H,12H2,1H3,(H,22,23,27). The van der Waals surface area contributed by atoms with Gasteiger partial charge in [-0.2, -0.15) is 0 Å². The van der Waals surface area contributed by atoms with Crippen molar-refractivity contribution in [3.8, 4) is 0 Å². The van der Waals surface area contributed by atoms with E-state index in [1.54, 1.807) is 59.8 Å². The number of carbonyl (C=O) groups is 1. The molecule has 0 aliphatic carbocycles. The molecule has 150 valence electrons. The van der Waals surface area contributed by atoms with Gasteiger partial charge in [0, 0.05) is 24.2 Å². The Morgan fingerprint density at radius 3 is 2.67 bits per heavy atom. The molecular formula is C21H16N4O4S. The van der Waals surface area contributed by atoms with E-state index in [0.717, 1.165) is 0 Å². The topological polar surface area (TPSA) is 109 Å². The Morgan fingerprint density at radius 2 is 1.93 bits per heavy atom. The van der Waals surface area contributed by atoms with Gasteiger partial charge in [-0.05, 0) is 23.6 Å². The minimum atomic E-state index is -0.522. The quantitative estimate of drug-likeness (QED) is 0.289. The summed E-state index contributed by atoms with van der Waals surface area (Å²) in [5.74, 6) is 0.106. The lowest BCUT2D eigenvalue weighted by atomic mass is 10.0. The zero-order chi connectivity index (χ0) is 21.3. The summed E-state index contributed by atoms with van der Waals surface area (Å²) >= 11 is 1.31. The second kappa shape index (κ2) is 7.88. The Morgan fingerprint density at radius 1 is 1.17 bits per heavy atom. The van der Waals surface area contributed by atoms with E-state index in [9.17, 15) is 19.7 Å². The molecule has 0 saturated carbocycles. The highest BCUT2D eigenvalue weighted by Gasteiger charge is 2.21. The number of nitro benzene ring substituents is 1. The zero-order valence-corrected chi connectivity index (χ0v) is 16.7. The van der Waals surface area contributed by atoms with Gasteiger partial charge >= 0.3 is 0 Å². The van der Waals surface area contributed by atoms with Gasteiger partial charge in [0.25, 0.3) is 11.2 Å². The van der Waals surface area contributed by atoms with E-state index in [1.807, 2.05) is 0 Å². The van der Waals surface area contributed by atoms with Crippen LogP contribution in [0, 0.1) is 10.1 Å². The molecule has 8 nitrogen and oxygen atoms in total. The predicted molar refractivity (Wildman–Crippen MR) is 115 cm³/mol. The fourth-order valence-corrected chi connectivity index (χ4v) is 3.92. The Kier molecular flexibility index (Phi) is 5.11. The van der Waals surface area contributed by atoms with E-state index in [4.69, 9.17) is 0 Å². The molecule has 0 fully saturated rings. The van der Waals surface area contributed by atoms with Gasteiger partial charge in [-0.3, -0.25) is 19.7 Å². The van der Waals surface area contributed by atoms with E-state index in [1.165, 1.54) is 23.5 Å². The first-order valence-corrected chi connectivity index (χ1v) is 9.88. The highest BCUT2D eigenvalue weighted by Crippen LogP contribution is 2.30. The molecule has 0 aliphatic heterocycles. The monoisotopic (exact) mass is 420 g/mol. The van der Waals surface area contributed by atoms with Crippen LogP contribution in [0.1, 0.15) is 21.7 Å². The Labute approximate surface area is 174 Å².